The Bertz CT molecular complexity index is 593. The molecule has 0 aliphatic rings. The highest BCUT2D eigenvalue weighted by Crippen LogP contribution is 2.23. The van der Waals surface area contributed by atoms with E-state index in [0.29, 0.717) is 5.56 Å². The molecule has 0 radical (unpaired) electrons. The summed E-state index contributed by atoms with van der Waals surface area (Å²) in [4.78, 5) is 12.3. The standard InChI is InChI=1S/C17H18FNO/c1-17(2,14-9-4-3-5-10-14)16(20)19-12-13-8-6-7-11-15(13)18/h3-11H,12H2,1-2H3,(H,19,20). The second-order valence-corrected chi connectivity index (χ2v) is 5.27. The number of hydrogen-bond acceptors (Lipinski definition) is 1. The summed E-state index contributed by atoms with van der Waals surface area (Å²) in [5.74, 6) is -0.419. The Kier molecular flexibility index (Phi) is 4.18. The highest BCUT2D eigenvalue weighted by Gasteiger charge is 2.29. The smallest absolute Gasteiger partial charge is 0.230 e. The monoisotopic (exact) mass is 271 g/mol. The van der Waals surface area contributed by atoms with Crippen molar-refractivity contribution >= 4 is 5.91 Å². The number of hydrogen-bond donors (Lipinski definition) is 1. The summed E-state index contributed by atoms with van der Waals surface area (Å²) in [6.45, 7) is 3.92. The molecule has 0 heterocycles. The Labute approximate surface area is 118 Å². The molecule has 2 aromatic carbocycles. The maximum absolute atomic E-state index is 13.5. The number of amides is 1. The van der Waals surface area contributed by atoms with Crippen molar-refractivity contribution in [3.63, 3.8) is 0 Å². The third-order valence-corrected chi connectivity index (χ3v) is 3.46. The molecule has 0 aliphatic heterocycles. The summed E-state index contributed by atoms with van der Waals surface area (Å²) in [5, 5.41) is 2.80. The summed E-state index contributed by atoms with van der Waals surface area (Å²) < 4.78 is 13.5. The van der Waals surface area contributed by atoms with E-state index in [1.807, 2.05) is 44.2 Å². The van der Waals surface area contributed by atoms with Gasteiger partial charge in [-0.05, 0) is 25.5 Å². The van der Waals surface area contributed by atoms with Gasteiger partial charge in [0.2, 0.25) is 5.91 Å². The van der Waals surface area contributed by atoms with Gasteiger partial charge in [-0.25, -0.2) is 4.39 Å². The molecule has 1 amide bonds. The van der Waals surface area contributed by atoms with Crippen LogP contribution in [0.5, 0.6) is 0 Å². The Morgan fingerprint density at radius 2 is 1.65 bits per heavy atom. The van der Waals surface area contributed by atoms with Gasteiger partial charge in [0, 0.05) is 12.1 Å². The Balaban J connectivity index is 2.07. The molecule has 104 valence electrons. The first kappa shape index (κ1) is 14.3. The van der Waals surface area contributed by atoms with Gasteiger partial charge in [0.05, 0.1) is 5.41 Å². The molecule has 20 heavy (non-hydrogen) atoms. The minimum absolute atomic E-state index is 0.119. The molecule has 0 saturated carbocycles. The number of carbonyl (C=O) groups is 1. The predicted molar refractivity (Wildman–Crippen MR) is 77.7 cm³/mol. The first-order valence-corrected chi connectivity index (χ1v) is 6.59. The van der Waals surface area contributed by atoms with Crippen LogP contribution in [0.2, 0.25) is 0 Å². The molecule has 0 unspecified atom stereocenters. The predicted octanol–water partition coefficient (Wildman–Crippen LogP) is 3.42. The minimum Gasteiger partial charge on any atom is -0.351 e. The Morgan fingerprint density at radius 3 is 2.30 bits per heavy atom. The van der Waals surface area contributed by atoms with E-state index in [2.05, 4.69) is 5.32 Å². The molecule has 0 bridgehead atoms. The zero-order valence-corrected chi connectivity index (χ0v) is 11.7. The fourth-order valence-corrected chi connectivity index (χ4v) is 2.02. The van der Waals surface area contributed by atoms with Crippen molar-refractivity contribution in [1.29, 1.82) is 0 Å². The minimum atomic E-state index is -0.646. The van der Waals surface area contributed by atoms with Gasteiger partial charge >= 0.3 is 0 Å². The highest BCUT2D eigenvalue weighted by atomic mass is 19.1. The second kappa shape index (κ2) is 5.87. The molecule has 3 heteroatoms. The van der Waals surface area contributed by atoms with Crippen LogP contribution in [0.4, 0.5) is 4.39 Å². The molecule has 0 aromatic heterocycles. The van der Waals surface area contributed by atoms with E-state index in [1.54, 1.807) is 18.2 Å². The van der Waals surface area contributed by atoms with Gasteiger partial charge in [0.25, 0.3) is 0 Å². The van der Waals surface area contributed by atoms with Crippen LogP contribution in [-0.2, 0) is 16.8 Å². The fraction of sp³-hybridized carbons (Fsp3) is 0.235. The van der Waals surface area contributed by atoms with Crippen molar-refractivity contribution in [3.05, 3.63) is 71.5 Å². The van der Waals surface area contributed by atoms with Gasteiger partial charge in [-0.2, -0.15) is 0 Å². The highest BCUT2D eigenvalue weighted by molar-refractivity contribution is 5.87. The topological polar surface area (TPSA) is 29.1 Å². The molecule has 0 saturated heterocycles. The molecular formula is C17H18FNO. The summed E-state index contributed by atoms with van der Waals surface area (Å²) >= 11 is 0. The lowest BCUT2D eigenvalue weighted by Crippen LogP contribution is -2.39. The van der Waals surface area contributed by atoms with Gasteiger partial charge in [-0.1, -0.05) is 48.5 Å². The molecule has 2 rings (SSSR count). The van der Waals surface area contributed by atoms with Crippen LogP contribution in [0.25, 0.3) is 0 Å². The summed E-state index contributed by atoms with van der Waals surface area (Å²) in [6, 6.07) is 16.0. The lowest BCUT2D eigenvalue weighted by molar-refractivity contribution is -0.125. The van der Waals surface area contributed by atoms with Crippen LogP contribution in [0.1, 0.15) is 25.0 Å². The normalized spacial score (nSPS) is 11.2. The van der Waals surface area contributed by atoms with Crippen molar-refractivity contribution < 1.29 is 9.18 Å². The van der Waals surface area contributed by atoms with E-state index in [1.165, 1.54) is 6.07 Å². The van der Waals surface area contributed by atoms with Crippen molar-refractivity contribution in [3.8, 4) is 0 Å². The van der Waals surface area contributed by atoms with Crippen LogP contribution in [0.3, 0.4) is 0 Å². The first-order valence-electron chi connectivity index (χ1n) is 6.59. The van der Waals surface area contributed by atoms with E-state index in [0.717, 1.165) is 5.56 Å². The molecule has 1 N–H and O–H groups in total. The number of rotatable bonds is 4. The van der Waals surface area contributed by atoms with Gasteiger partial charge < -0.3 is 5.32 Å². The summed E-state index contributed by atoms with van der Waals surface area (Å²) in [5.41, 5.74) is 0.780. The van der Waals surface area contributed by atoms with E-state index in [-0.39, 0.29) is 18.3 Å². The van der Waals surface area contributed by atoms with Crippen molar-refractivity contribution in [2.75, 3.05) is 0 Å². The molecule has 0 fully saturated rings. The molecule has 2 nitrogen and oxygen atoms in total. The second-order valence-electron chi connectivity index (χ2n) is 5.27. The van der Waals surface area contributed by atoms with Crippen molar-refractivity contribution in [2.24, 2.45) is 0 Å². The third-order valence-electron chi connectivity index (χ3n) is 3.46. The summed E-state index contributed by atoms with van der Waals surface area (Å²) in [7, 11) is 0. The number of halogens is 1. The van der Waals surface area contributed by atoms with Gasteiger partial charge in [0.15, 0.2) is 0 Å². The lowest BCUT2D eigenvalue weighted by atomic mass is 9.84. The SMILES string of the molecule is CC(C)(C(=O)NCc1ccccc1F)c1ccccc1. The van der Waals surface area contributed by atoms with Crippen molar-refractivity contribution in [2.45, 2.75) is 25.8 Å². The number of benzene rings is 2. The van der Waals surface area contributed by atoms with E-state index in [9.17, 15) is 9.18 Å². The quantitative estimate of drug-likeness (QED) is 0.907. The number of carbonyl (C=O) groups excluding carboxylic acids is 1. The van der Waals surface area contributed by atoms with E-state index >= 15 is 0 Å². The maximum Gasteiger partial charge on any atom is 0.230 e. The van der Waals surface area contributed by atoms with E-state index in [4.69, 9.17) is 0 Å². The molecule has 2 aromatic rings. The van der Waals surface area contributed by atoms with Gasteiger partial charge in [-0.3, -0.25) is 4.79 Å². The zero-order valence-electron chi connectivity index (χ0n) is 11.7. The summed E-state index contributed by atoms with van der Waals surface area (Å²) in [6.07, 6.45) is 0. The van der Waals surface area contributed by atoms with Crippen LogP contribution in [0.15, 0.2) is 54.6 Å². The lowest BCUT2D eigenvalue weighted by Gasteiger charge is -2.24. The number of nitrogens with one attached hydrogen (secondary N) is 1. The van der Waals surface area contributed by atoms with E-state index < -0.39 is 5.41 Å². The molecular weight excluding hydrogens is 253 g/mol. The largest absolute Gasteiger partial charge is 0.351 e. The zero-order chi connectivity index (χ0) is 14.6. The Morgan fingerprint density at radius 1 is 1.05 bits per heavy atom. The van der Waals surface area contributed by atoms with Crippen LogP contribution in [-0.4, -0.2) is 5.91 Å². The van der Waals surface area contributed by atoms with Gasteiger partial charge in [0.1, 0.15) is 5.82 Å². The third kappa shape index (κ3) is 3.05. The van der Waals surface area contributed by atoms with Crippen LogP contribution >= 0.6 is 0 Å². The average molecular weight is 271 g/mol. The van der Waals surface area contributed by atoms with Gasteiger partial charge in [-0.15, -0.1) is 0 Å². The van der Waals surface area contributed by atoms with Crippen LogP contribution < -0.4 is 5.32 Å². The van der Waals surface area contributed by atoms with Crippen molar-refractivity contribution in [1.82, 2.24) is 5.32 Å². The molecule has 0 aliphatic carbocycles. The fourth-order valence-electron chi connectivity index (χ4n) is 2.02. The average Bonchev–Trinajstić information content (AvgIpc) is 2.47. The van der Waals surface area contributed by atoms with Crippen LogP contribution in [0, 0.1) is 5.82 Å². The molecule has 0 spiro atoms. The Hall–Kier alpha value is -2.16. The maximum atomic E-state index is 13.5. The molecule has 0 atom stereocenters. The first-order chi connectivity index (χ1) is 9.51.